The smallest absolute Gasteiger partial charge is 0.323 e. The molecule has 0 aromatic heterocycles. The second kappa shape index (κ2) is 7.14. The van der Waals surface area contributed by atoms with Gasteiger partial charge < -0.3 is 14.9 Å². The molecule has 20 heavy (non-hydrogen) atoms. The lowest BCUT2D eigenvalue weighted by Gasteiger charge is -2.26. The van der Waals surface area contributed by atoms with Crippen molar-refractivity contribution in [2.75, 3.05) is 7.11 Å². The van der Waals surface area contributed by atoms with E-state index in [1.165, 1.54) is 25.3 Å². The third-order valence-electron chi connectivity index (χ3n) is 3.58. The van der Waals surface area contributed by atoms with Crippen LogP contribution in [-0.2, 0) is 9.53 Å². The minimum Gasteiger partial charge on any atom is -0.508 e. The fraction of sp³-hybridized carbons (Fsp3) is 0.533. The summed E-state index contributed by atoms with van der Waals surface area (Å²) in [5.41, 5.74) is 0.544. The molecule has 1 aromatic carbocycles. The molecule has 0 saturated heterocycles. The van der Waals surface area contributed by atoms with Gasteiger partial charge in [-0.3, -0.25) is 10.1 Å². The second-order valence-electron chi connectivity index (χ2n) is 5.02. The van der Waals surface area contributed by atoms with E-state index in [-0.39, 0.29) is 29.4 Å². The van der Waals surface area contributed by atoms with Gasteiger partial charge in [-0.15, -0.1) is 0 Å². The molecule has 1 rings (SSSR count). The van der Waals surface area contributed by atoms with Crippen molar-refractivity contribution < 1.29 is 19.7 Å². The molecule has 0 aliphatic rings. The largest absolute Gasteiger partial charge is 0.508 e. The molecular formula is C15H23NO4. The summed E-state index contributed by atoms with van der Waals surface area (Å²) in [6.07, 6.45) is 0.825. The van der Waals surface area contributed by atoms with E-state index in [1.807, 2.05) is 20.8 Å². The molecule has 0 spiro atoms. The fourth-order valence-corrected chi connectivity index (χ4v) is 2.08. The maximum absolute atomic E-state index is 11.8. The summed E-state index contributed by atoms with van der Waals surface area (Å²) in [6.45, 7) is 5.79. The number of carbonyl (C=O) groups excluding carboxylic acids is 1. The molecule has 0 aliphatic heterocycles. The van der Waals surface area contributed by atoms with E-state index in [0.29, 0.717) is 5.56 Å². The van der Waals surface area contributed by atoms with Crippen molar-refractivity contribution in [1.29, 1.82) is 0 Å². The highest BCUT2D eigenvalue weighted by Gasteiger charge is 2.27. The second-order valence-corrected chi connectivity index (χ2v) is 5.02. The number of aromatic hydroxyl groups is 2. The fourth-order valence-electron chi connectivity index (χ4n) is 2.08. The highest BCUT2D eigenvalue weighted by Crippen LogP contribution is 2.28. The van der Waals surface area contributed by atoms with Crippen LogP contribution in [0.2, 0.25) is 0 Å². The first-order valence-electron chi connectivity index (χ1n) is 6.76. The Balaban J connectivity index is 2.92. The van der Waals surface area contributed by atoms with E-state index in [1.54, 1.807) is 0 Å². The van der Waals surface area contributed by atoms with Gasteiger partial charge in [-0.25, -0.2) is 0 Å². The van der Waals surface area contributed by atoms with Crippen molar-refractivity contribution in [3.63, 3.8) is 0 Å². The number of carbonyl (C=O) groups is 1. The predicted octanol–water partition coefficient (Wildman–Crippen LogP) is 2.34. The Bertz CT molecular complexity index is 461. The Kier molecular flexibility index (Phi) is 5.82. The Labute approximate surface area is 119 Å². The molecule has 5 heteroatoms. The van der Waals surface area contributed by atoms with Gasteiger partial charge in [0.25, 0.3) is 0 Å². The Morgan fingerprint density at radius 2 is 2.00 bits per heavy atom. The minimum absolute atomic E-state index is 0.0737. The van der Waals surface area contributed by atoms with Crippen molar-refractivity contribution in [3.05, 3.63) is 23.8 Å². The molecular weight excluding hydrogens is 258 g/mol. The number of ether oxygens (including phenoxy) is 1. The number of esters is 1. The van der Waals surface area contributed by atoms with Gasteiger partial charge in [0.2, 0.25) is 0 Å². The molecule has 0 bridgehead atoms. The molecule has 5 nitrogen and oxygen atoms in total. The molecule has 0 saturated carbocycles. The lowest BCUT2D eigenvalue weighted by atomic mass is 9.97. The first kappa shape index (κ1) is 16.3. The van der Waals surface area contributed by atoms with Crippen LogP contribution in [0.25, 0.3) is 0 Å². The normalized spacial score (nSPS) is 15.4. The number of hydrogen-bond donors (Lipinski definition) is 3. The number of methoxy groups -OCH3 is 1. The van der Waals surface area contributed by atoms with Crippen LogP contribution in [0, 0.1) is 5.92 Å². The van der Waals surface area contributed by atoms with E-state index >= 15 is 0 Å². The van der Waals surface area contributed by atoms with Crippen LogP contribution in [-0.4, -0.2) is 29.3 Å². The first-order valence-corrected chi connectivity index (χ1v) is 6.76. The van der Waals surface area contributed by atoms with Crippen LogP contribution in [0.4, 0.5) is 0 Å². The average Bonchev–Trinajstić information content (AvgIpc) is 2.45. The summed E-state index contributed by atoms with van der Waals surface area (Å²) >= 11 is 0. The molecule has 0 amide bonds. The number of rotatable bonds is 6. The first-order chi connectivity index (χ1) is 9.40. The summed E-state index contributed by atoms with van der Waals surface area (Å²) in [6, 6.07) is 3.58. The number of benzene rings is 1. The van der Waals surface area contributed by atoms with Gasteiger partial charge >= 0.3 is 5.97 Å². The van der Waals surface area contributed by atoms with Gasteiger partial charge in [0.15, 0.2) is 0 Å². The highest BCUT2D eigenvalue weighted by atomic mass is 16.5. The molecule has 0 radical (unpaired) electrons. The summed E-state index contributed by atoms with van der Waals surface area (Å²) in [7, 11) is 1.36. The zero-order valence-corrected chi connectivity index (χ0v) is 12.4. The highest BCUT2D eigenvalue weighted by molar-refractivity contribution is 5.76. The third kappa shape index (κ3) is 3.87. The van der Waals surface area contributed by atoms with Crippen molar-refractivity contribution in [3.8, 4) is 11.5 Å². The van der Waals surface area contributed by atoms with Crippen LogP contribution in [0.5, 0.6) is 11.5 Å². The number of phenols is 2. The van der Waals surface area contributed by atoms with Crippen molar-refractivity contribution in [2.45, 2.75) is 39.3 Å². The van der Waals surface area contributed by atoms with Gasteiger partial charge in [-0.1, -0.05) is 20.3 Å². The number of phenolic OH excluding ortho intramolecular Hbond substituents is 2. The molecule has 0 aliphatic carbocycles. The lowest BCUT2D eigenvalue weighted by Crippen LogP contribution is -2.43. The van der Waals surface area contributed by atoms with Crippen molar-refractivity contribution >= 4 is 5.97 Å². The van der Waals surface area contributed by atoms with Gasteiger partial charge in [-0.2, -0.15) is 0 Å². The minimum atomic E-state index is -0.457. The quantitative estimate of drug-likeness (QED) is 0.551. The monoisotopic (exact) mass is 281 g/mol. The molecule has 3 atom stereocenters. The summed E-state index contributed by atoms with van der Waals surface area (Å²) < 4.78 is 4.81. The van der Waals surface area contributed by atoms with Crippen LogP contribution < -0.4 is 5.32 Å². The van der Waals surface area contributed by atoms with Crippen LogP contribution >= 0.6 is 0 Å². The van der Waals surface area contributed by atoms with Crippen molar-refractivity contribution in [2.24, 2.45) is 5.92 Å². The number of hydrogen-bond acceptors (Lipinski definition) is 5. The molecule has 3 unspecified atom stereocenters. The summed E-state index contributed by atoms with van der Waals surface area (Å²) in [5, 5.41) is 22.5. The summed E-state index contributed by atoms with van der Waals surface area (Å²) in [5.74, 6) is -0.0737. The maximum atomic E-state index is 11.8. The Hall–Kier alpha value is -1.75. The van der Waals surface area contributed by atoms with Gasteiger partial charge in [0.1, 0.15) is 17.5 Å². The Morgan fingerprint density at radius 1 is 1.35 bits per heavy atom. The Morgan fingerprint density at radius 3 is 2.55 bits per heavy atom. The van der Waals surface area contributed by atoms with Crippen LogP contribution in [0.15, 0.2) is 18.2 Å². The van der Waals surface area contributed by atoms with E-state index in [0.717, 1.165) is 6.42 Å². The topological polar surface area (TPSA) is 78.8 Å². The third-order valence-corrected chi connectivity index (χ3v) is 3.58. The summed E-state index contributed by atoms with van der Waals surface area (Å²) in [4.78, 5) is 11.8. The molecule has 3 N–H and O–H groups in total. The molecule has 112 valence electrons. The standard InChI is InChI=1S/C15H23NO4/c1-5-9(2)14(15(19)20-4)16-10(3)12-8-11(17)6-7-13(12)18/h6-10,14,16-18H,5H2,1-4H3. The molecule has 1 aromatic rings. The predicted molar refractivity (Wildman–Crippen MR) is 76.6 cm³/mol. The number of nitrogens with one attached hydrogen (secondary N) is 1. The van der Waals surface area contributed by atoms with Crippen LogP contribution in [0.1, 0.15) is 38.8 Å². The van der Waals surface area contributed by atoms with Crippen LogP contribution in [0.3, 0.4) is 0 Å². The average molecular weight is 281 g/mol. The van der Waals surface area contributed by atoms with E-state index < -0.39 is 6.04 Å². The van der Waals surface area contributed by atoms with Gasteiger partial charge in [0, 0.05) is 11.6 Å². The zero-order chi connectivity index (χ0) is 15.3. The maximum Gasteiger partial charge on any atom is 0.323 e. The van der Waals surface area contributed by atoms with E-state index in [2.05, 4.69) is 5.32 Å². The molecule has 0 heterocycles. The van der Waals surface area contributed by atoms with E-state index in [4.69, 9.17) is 4.74 Å². The molecule has 0 fully saturated rings. The van der Waals surface area contributed by atoms with E-state index in [9.17, 15) is 15.0 Å². The lowest BCUT2D eigenvalue weighted by molar-refractivity contribution is -0.144. The van der Waals surface area contributed by atoms with Gasteiger partial charge in [-0.05, 0) is 31.0 Å². The van der Waals surface area contributed by atoms with Gasteiger partial charge in [0.05, 0.1) is 7.11 Å². The zero-order valence-electron chi connectivity index (χ0n) is 12.4. The SMILES string of the molecule is CCC(C)C(NC(C)c1cc(O)ccc1O)C(=O)OC. The van der Waals surface area contributed by atoms with Crippen molar-refractivity contribution in [1.82, 2.24) is 5.32 Å².